The number of rotatable bonds is 3. The van der Waals surface area contributed by atoms with Crippen molar-refractivity contribution in [3.05, 3.63) is 29.8 Å². The third kappa shape index (κ3) is 3.12. The van der Waals surface area contributed by atoms with Crippen LogP contribution in [0.2, 0.25) is 0 Å². The van der Waals surface area contributed by atoms with E-state index in [9.17, 15) is 9.59 Å². The Balaban J connectivity index is 1.83. The highest BCUT2D eigenvalue weighted by Crippen LogP contribution is 2.32. The van der Waals surface area contributed by atoms with Crippen molar-refractivity contribution in [2.24, 2.45) is 0 Å². The van der Waals surface area contributed by atoms with E-state index >= 15 is 0 Å². The van der Waals surface area contributed by atoms with Crippen molar-refractivity contribution < 1.29 is 9.59 Å². The van der Waals surface area contributed by atoms with Gasteiger partial charge in [0.15, 0.2) is 4.34 Å². The molecule has 1 aromatic carbocycles. The highest BCUT2D eigenvalue weighted by Gasteiger charge is 2.29. The fourth-order valence-corrected chi connectivity index (χ4v) is 3.73. The Labute approximate surface area is 135 Å². The van der Waals surface area contributed by atoms with E-state index in [-0.39, 0.29) is 30.0 Å². The number of hydrogen-bond acceptors (Lipinski definition) is 6. The summed E-state index contributed by atoms with van der Waals surface area (Å²) in [5.41, 5.74) is 3.05. The predicted molar refractivity (Wildman–Crippen MR) is 87.3 cm³/mol. The molecule has 0 saturated heterocycles. The number of hydrogen-bond donors (Lipinski definition) is 1. The summed E-state index contributed by atoms with van der Waals surface area (Å²) in [6, 6.07) is 7.18. The zero-order chi connectivity index (χ0) is 15.5. The molecule has 1 N–H and O–H groups in total. The summed E-state index contributed by atoms with van der Waals surface area (Å²) in [6.45, 7) is 1.88. The van der Waals surface area contributed by atoms with Crippen molar-refractivity contribution in [2.75, 3.05) is 16.0 Å². The summed E-state index contributed by atoms with van der Waals surface area (Å²) >= 11 is 2.77. The summed E-state index contributed by atoms with van der Waals surface area (Å²) in [5.74, 6) is 0.144. The highest BCUT2D eigenvalue weighted by molar-refractivity contribution is 8.01. The van der Waals surface area contributed by atoms with Crippen LogP contribution in [0.5, 0.6) is 0 Å². The molecule has 6 nitrogen and oxygen atoms in total. The molecule has 0 radical (unpaired) electrons. The van der Waals surface area contributed by atoms with Crippen molar-refractivity contribution >= 4 is 46.3 Å². The van der Waals surface area contributed by atoms with Crippen molar-refractivity contribution in [2.45, 2.75) is 23.7 Å². The molecule has 0 fully saturated rings. The number of nitrogens with one attached hydrogen (secondary N) is 1. The molecule has 114 valence electrons. The fraction of sp³-hybridized carbons (Fsp3) is 0.286. The second-order valence-electron chi connectivity index (χ2n) is 4.88. The molecule has 8 heteroatoms. The molecule has 0 aliphatic carbocycles. The fourth-order valence-electron chi connectivity index (χ4n) is 2.39. The van der Waals surface area contributed by atoms with Crippen molar-refractivity contribution in [3.63, 3.8) is 0 Å². The number of fused-ring (bicyclic) bond motifs is 1. The standard InChI is InChI=1S/C14H14N4O2S2/c1-9-6-12(19)16-10-4-2-3-5-11(10)18(9)13(20)7-21-14-17-15-8-22-14/h2-5,8-9H,6-7H2,1H3,(H,16,19). The van der Waals surface area contributed by atoms with Crippen LogP contribution < -0.4 is 10.2 Å². The molecular weight excluding hydrogens is 320 g/mol. The molecule has 0 bridgehead atoms. The van der Waals surface area contributed by atoms with Gasteiger partial charge in [0.1, 0.15) is 5.51 Å². The number of carbonyl (C=O) groups is 2. The van der Waals surface area contributed by atoms with Gasteiger partial charge in [-0.2, -0.15) is 0 Å². The zero-order valence-electron chi connectivity index (χ0n) is 11.9. The molecule has 1 atom stereocenters. The topological polar surface area (TPSA) is 75.2 Å². The van der Waals surface area contributed by atoms with Gasteiger partial charge in [-0.05, 0) is 19.1 Å². The average Bonchev–Trinajstić information content (AvgIpc) is 2.96. The van der Waals surface area contributed by atoms with Crippen LogP contribution in [-0.4, -0.2) is 33.8 Å². The van der Waals surface area contributed by atoms with E-state index < -0.39 is 0 Å². The minimum absolute atomic E-state index is 0.0448. The number of benzene rings is 1. The average molecular weight is 334 g/mol. The second kappa shape index (κ2) is 6.45. The molecule has 2 aromatic rings. The highest BCUT2D eigenvalue weighted by atomic mass is 32.2. The van der Waals surface area contributed by atoms with Crippen LogP contribution in [0, 0.1) is 0 Å². The lowest BCUT2D eigenvalue weighted by molar-refractivity contribution is -0.117. The molecule has 3 rings (SSSR count). The van der Waals surface area contributed by atoms with E-state index in [0.717, 1.165) is 10.0 Å². The van der Waals surface area contributed by atoms with Crippen molar-refractivity contribution in [1.82, 2.24) is 10.2 Å². The van der Waals surface area contributed by atoms with Gasteiger partial charge in [-0.1, -0.05) is 35.2 Å². The Morgan fingerprint density at radius 1 is 1.50 bits per heavy atom. The van der Waals surface area contributed by atoms with Gasteiger partial charge in [0, 0.05) is 12.5 Å². The Morgan fingerprint density at radius 2 is 2.32 bits per heavy atom. The van der Waals surface area contributed by atoms with Crippen LogP contribution in [0.1, 0.15) is 13.3 Å². The quantitative estimate of drug-likeness (QED) is 0.872. The third-order valence-corrected chi connectivity index (χ3v) is 5.13. The van der Waals surface area contributed by atoms with Gasteiger partial charge in [0.25, 0.3) is 0 Å². The molecule has 2 heterocycles. The molecular formula is C14H14N4O2S2. The van der Waals surface area contributed by atoms with E-state index in [4.69, 9.17) is 0 Å². The Kier molecular flexibility index (Phi) is 4.39. The van der Waals surface area contributed by atoms with Gasteiger partial charge in [-0.15, -0.1) is 10.2 Å². The normalized spacial score (nSPS) is 17.6. The van der Waals surface area contributed by atoms with E-state index in [2.05, 4.69) is 15.5 Å². The number of para-hydroxylation sites is 2. The van der Waals surface area contributed by atoms with Crippen LogP contribution in [-0.2, 0) is 9.59 Å². The first-order valence-corrected chi connectivity index (χ1v) is 8.61. The van der Waals surface area contributed by atoms with Gasteiger partial charge >= 0.3 is 0 Å². The number of thioether (sulfide) groups is 1. The van der Waals surface area contributed by atoms with Crippen LogP contribution in [0.4, 0.5) is 11.4 Å². The van der Waals surface area contributed by atoms with Crippen LogP contribution >= 0.6 is 23.1 Å². The van der Waals surface area contributed by atoms with Gasteiger partial charge < -0.3 is 10.2 Å². The first-order valence-electron chi connectivity index (χ1n) is 6.75. The molecule has 1 aliphatic heterocycles. The number of carbonyl (C=O) groups excluding carboxylic acids is 2. The lowest BCUT2D eigenvalue weighted by Gasteiger charge is -2.27. The van der Waals surface area contributed by atoms with Crippen LogP contribution in [0.3, 0.4) is 0 Å². The molecule has 22 heavy (non-hydrogen) atoms. The van der Waals surface area contributed by atoms with E-state index in [1.165, 1.54) is 23.1 Å². The predicted octanol–water partition coefficient (Wildman–Crippen LogP) is 2.39. The molecule has 1 aliphatic rings. The van der Waals surface area contributed by atoms with E-state index in [0.29, 0.717) is 5.69 Å². The molecule has 1 unspecified atom stereocenters. The first-order chi connectivity index (χ1) is 10.6. The number of aromatic nitrogens is 2. The third-order valence-electron chi connectivity index (χ3n) is 3.29. The van der Waals surface area contributed by atoms with Gasteiger partial charge in [-0.25, -0.2) is 0 Å². The Hall–Kier alpha value is -1.93. The van der Waals surface area contributed by atoms with Gasteiger partial charge in [-0.3, -0.25) is 9.59 Å². The maximum atomic E-state index is 12.6. The lowest BCUT2D eigenvalue weighted by Crippen LogP contribution is -2.40. The zero-order valence-corrected chi connectivity index (χ0v) is 13.5. The van der Waals surface area contributed by atoms with Crippen molar-refractivity contribution in [1.29, 1.82) is 0 Å². The Bertz CT molecular complexity index is 690. The van der Waals surface area contributed by atoms with Gasteiger partial charge in [0.2, 0.25) is 11.8 Å². The summed E-state index contributed by atoms with van der Waals surface area (Å²) < 4.78 is 0.762. The van der Waals surface area contributed by atoms with Crippen LogP contribution in [0.15, 0.2) is 34.1 Å². The summed E-state index contributed by atoms with van der Waals surface area (Å²) in [5, 5.41) is 10.5. The summed E-state index contributed by atoms with van der Waals surface area (Å²) in [6.07, 6.45) is 0.282. The first kappa shape index (κ1) is 15.0. The van der Waals surface area contributed by atoms with Crippen molar-refractivity contribution in [3.8, 4) is 0 Å². The monoisotopic (exact) mass is 334 g/mol. The minimum atomic E-state index is -0.189. The summed E-state index contributed by atoms with van der Waals surface area (Å²) in [7, 11) is 0. The number of nitrogens with zero attached hydrogens (tertiary/aromatic N) is 3. The number of anilines is 2. The van der Waals surface area contributed by atoms with E-state index in [1.54, 1.807) is 10.4 Å². The molecule has 2 amide bonds. The smallest absolute Gasteiger partial charge is 0.237 e. The summed E-state index contributed by atoms with van der Waals surface area (Å²) in [4.78, 5) is 26.2. The SMILES string of the molecule is CC1CC(=O)Nc2ccccc2N1C(=O)CSc1nncs1. The second-order valence-corrected chi connectivity index (χ2v) is 6.93. The largest absolute Gasteiger partial charge is 0.324 e. The lowest BCUT2D eigenvalue weighted by atomic mass is 10.2. The maximum Gasteiger partial charge on any atom is 0.237 e. The molecule has 0 saturated carbocycles. The van der Waals surface area contributed by atoms with E-state index in [1.807, 2.05) is 31.2 Å². The maximum absolute atomic E-state index is 12.6. The van der Waals surface area contributed by atoms with Gasteiger partial charge in [0.05, 0.1) is 17.1 Å². The molecule has 1 aromatic heterocycles. The molecule has 0 spiro atoms. The number of amides is 2. The van der Waals surface area contributed by atoms with Crippen LogP contribution in [0.25, 0.3) is 0 Å². The minimum Gasteiger partial charge on any atom is -0.324 e. The Morgan fingerprint density at radius 3 is 3.09 bits per heavy atom.